The van der Waals surface area contributed by atoms with E-state index in [0.717, 1.165) is 30.9 Å². The SMILES string of the molecule is CCONCC1CC2C=CC1C2. The Labute approximate surface area is 73.9 Å². The van der Waals surface area contributed by atoms with Gasteiger partial charge in [0.25, 0.3) is 0 Å². The fourth-order valence-corrected chi connectivity index (χ4v) is 2.40. The summed E-state index contributed by atoms with van der Waals surface area (Å²) in [5.41, 5.74) is 3.03. The van der Waals surface area contributed by atoms with E-state index in [9.17, 15) is 0 Å². The summed E-state index contributed by atoms with van der Waals surface area (Å²) in [5, 5.41) is 0. The molecular formula is C10H17NO. The van der Waals surface area contributed by atoms with Crippen molar-refractivity contribution < 1.29 is 4.84 Å². The van der Waals surface area contributed by atoms with Gasteiger partial charge in [-0.25, -0.2) is 5.48 Å². The minimum atomic E-state index is 0.761. The first-order valence-electron chi connectivity index (χ1n) is 4.93. The van der Waals surface area contributed by atoms with Crippen LogP contribution >= 0.6 is 0 Å². The number of hydrogen-bond acceptors (Lipinski definition) is 2. The highest BCUT2D eigenvalue weighted by molar-refractivity contribution is 5.10. The predicted molar refractivity (Wildman–Crippen MR) is 48.5 cm³/mol. The third-order valence-electron chi connectivity index (χ3n) is 3.01. The Morgan fingerprint density at radius 3 is 2.92 bits per heavy atom. The predicted octanol–water partition coefficient (Wildman–Crippen LogP) is 1.74. The Morgan fingerprint density at radius 1 is 1.42 bits per heavy atom. The van der Waals surface area contributed by atoms with Crippen LogP contribution in [-0.4, -0.2) is 13.2 Å². The molecule has 0 aliphatic heterocycles. The Hall–Kier alpha value is -0.340. The Balaban J connectivity index is 1.73. The molecule has 1 N–H and O–H groups in total. The molecule has 0 saturated heterocycles. The highest BCUT2D eigenvalue weighted by atomic mass is 16.6. The molecule has 2 bridgehead atoms. The van der Waals surface area contributed by atoms with Crippen molar-refractivity contribution in [1.82, 2.24) is 5.48 Å². The third-order valence-corrected chi connectivity index (χ3v) is 3.01. The largest absolute Gasteiger partial charge is 0.302 e. The second kappa shape index (κ2) is 3.58. The standard InChI is InChI=1S/C10H17NO/c1-2-12-11-7-10-6-8-3-4-9(10)5-8/h3-4,8-11H,2,5-7H2,1H3. The maximum absolute atomic E-state index is 5.13. The van der Waals surface area contributed by atoms with E-state index in [4.69, 9.17) is 4.84 Å². The maximum atomic E-state index is 5.13. The molecule has 2 aliphatic carbocycles. The van der Waals surface area contributed by atoms with Gasteiger partial charge in [-0.3, -0.25) is 0 Å². The summed E-state index contributed by atoms with van der Waals surface area (Å²) in [7, 11) is 0. The Kier molecular flexibility index (Phi) is 2.47. The normalized spacial score (nSPS) is 37.9. The number of hydrogen-bond donors (Lipinski definition) is 1. The molecule has 0 aromatic heterocycles. The van der Waals surface area contributed by atoms with E-state index >= 15 is 0 Å². The van der Waals surface area contributed by atoms with Gasteiger partial charge in [-0.2, -0.15) is 0 Å². The first kappa shape index (κ1) is 8.27. The molecule has 3 unspecified atom stereocenters. The van der Waals surface area contributed by atoms with Gasteiger partial charge in [0.05, 0.1) is 6.61 Å². The van der Waals surface area contributed by atoms with Crippen molar-refractivity contribution in [1.29, 1.82) is 0 Å². The average Bonchev–Trinajstić information content (AvgIpc) is 2.65. The number of hydroxylamine groups is 1. The summed E-state index contributed by atoms with van der Waals surface area (Å²) in [6, 6.07) is 0. The van der Waals surface area contributed by atoms with Crippen molar-refractivity contribution in [2.75, 3.05) is 13.2 Å². The molecule has 0 aromatic rings. The zero-order chi connectivity index (χ0) is 8.39. The van der Waals surface area contributed by atoms with E-state index in [1.165, 1.54) is 12.8 Å². The van der Waals surface area contributed by atoms with Crippen LogP contribution in [0.2, 0.25) is 0 Å². The van der Waals surface area contributed by atoms with E-state index in [0.29, 0.717) is 0 Å². The van der Waals surface area contributed by atoms with Crippen molar-refractivity contribution in [3.63, 3.8) is 0 Å². The van der Waals surface area contributed by atoms with Gasteiger partial charge in [0.15, 0.2) is 0 Å². The van der Waals surface area contributed by atoms with Crippen LogP contribution in [0.25, 0.3) is 0 Å². The van der Waals surface area contributed by atoms with Crippen molar-refractivity contribution in [2.45, 2.75) is 19.8 Å². The zero-order valence-electron chi connectivity index (χ0n) is 7.62. The molecule has 2 rings (SSSR count). The topological polar surface area (TPSA) is 21.3 Å². The molecule has 0 radical (unpaired) electrons. The van der Waals surface area contributed by atoms with Crippen LogP contribution in [0.3, 0.4) is 0 Å². The zero-order valence-corrected chi connectivity index (χ0v) is 7.62. The number of rotatable bonds is 4. The van der Waals surface area contributed by atoms with E-state index < -0.39 is 0 Å². The van der Waals surface area contributed by atoms with Crippen molar-refractivity contribution >= 4 is 0 Å². The minimum absolute atomic E-state index is 0.761. The van der Waals surface area contributed by atoms with Gasteiger partial charge in [-0.1, -0.05) is 12.2 Å². The molecule has 2 aliphatic rings. The molecular weight excluding hydrogens is 150 g/mol. The molecule has 1 fully saturated rings. The van der Waals surface area contributed by atoms with Gasteiger partial charge < -0.3 is 4.84 Å². The minimum Gasteiger partial charge on any atom is -0.302 e. The number of nitrogens with one attached hydrogen (secondary N) is 1. The highest BCUT2D eigenvalue weighted by Crippen LogP contribution is 2.42. The van der Waals surface area contributed by atoms with Gasteiger partial charge in [-0.15, -0.1) is 0 Å². The summed E-state index contributed by atoms with van der Waals surface area (Å²) in [6.07, 6.45) is 7.51. The summed E-state index contributed by atoms with van der Waals surface area (Å²) < 4.78 is 0. The molecule has 2 nitrogen and oxygen atoms in total. The quantitative estimate of drug-likeness (QED) is 0.391. The van der Waals surface area contributed by atoms with E-state index in [1.54, 1.807) is 0 Å². The second-order valence-electron chi connectivity index (χ2n) is 3.82. The lowest BCUT2D eigenvalue weighted by molar-refractivity contribution is 0.0391. The summed E-state index contributed by atoms with van der Waals surface area (Å²) >= 11 is 0. The van der Waals surface area contributed by atoms with Crippen LogP contribution in [-0.2, 0) is 4.84 Å². The number of fused-ring (bicyclic) bond motifs is 2. The highest BCUT2D eigenvalue weighted by Gasteiger charge is 2.35. The lowest BCUT2D eigenvalue weighted by atomic mass is 9.94. The van der Waals surface area contributed by atoms with Crippen molar-refractivity contribution in [3.05, 3.63) is 12.2 Å². The summed E-state index contributed by atoms with van der Waals surface area (Å²) in [4.78, 5) is 5.13. The molecule has 0 heterocycles. The van der Waals surface area contributed by atoms with Gasteiger partial charge in [0.1, 0.15) is 0 Å². The van der Waals surface area contributed by atoms with Crippen LogP contribution in [0, 0.1) is 17.8 Å². The second-order valence-corrected chi connectivity index (χ2v) is 3.82. The van der Waals surface area contributed by atoms with Gasteiger partial charge in [0.2, 0.25) is 0 Å². The Morgan fingerprint density at radius 2 is 2.33 bits per heavy atom. The molecule has 1 saturated carbocycles. The average molecular weight is 167 g/mol. The molecule has 12 heavy (non-hydrogen) atoms. The van der Waals surface area contributed by atoms with Crippen LogP contribution in [0.1, 0.15) is 19.8 Å². The van der Waals surface area contributed by atoms with Crippen LogP contribution in [0.15, 0.2) is 12.2 Å². The summed E-state index contributed by atoms with van der Waals surface area (Å²) in [5.74, 6) is 2.54. The van der Waals surface area contributed by atoms with Crippen molar-refractivity contribution in [2.24, 2.45) is 17.8 Å². The number of allylic oxidation sites excluding steroid dienone is 2. The molecule has 0 amide bonds. The molecule has 0 aromatic carbocycles. The van der Waals surface area contributed by atoms with Crippen LogP contribution in [0.5, 0.6) is 0 Å². The lowest BCUT2D eigenvalue weighted by Gasteiger charge is -2.17. The molecule has 68 valence electrons. The maximum Gasteiger partial charge on any atom is 0.0653 e. The molecule has 3 atom stereocenters. The first-order valence-corrected chi connectivity index (χ1v) is 4.93. The van der Waals surface area contributed by atoms with Gasteiger partial charge in [0, 0.05) is 6.54 Å². The third kappa shape index (κ3) is 1.54. The monoisotopic (exact) mass is 167 g/mol. The summed E-state index contributed by atoms with van der Waals surface area (Å²) in [6.45, 7) is 3.80. The fourth-order valence-electron chi connectivity index (χ4n) is 2.40. The molecule has 2 heteroatoms. The Bertz CT molecular complexity index is 179. The van der Waals surface area contributed by atoms with Crippen molar-refractivity contribution in [3.8, 4) is 0 Å². The van der Waals surface area contributed by atoms with E-state index in [2.05, 4.69) is 17.6 Å². The smallest absolute Gasteiger partial charge is 0.0653 e. The molecule has 0 spiro atoms. The van der Waals surface area contributed by atoms with Crippen LogP contribution in [0.4, 0.5) is 0 Å². The van der Waals surface area contributed by atoms with Gasteiger partial charge >= 0.3 is 0 Å². The van der Waals surface area contributed by atoms with E-state index in [1.807, 2.05) is 6.92 Å². The van der Waals surface area contributed by atoms with E-state index in [-0.39, 0.29) is 0 Å². The first-order chi connectivity index (χ1) is 5.90. The fraction of sp³-hybridized carbons (Fsp3) is 0.800. The van der Waals surface area contributed by atoms with Gasteiger partial charge in [-0.05, 0) is 37.5 Å². The van der Waals surface area contributed by atoms with Crippen LogP contribution < -0.4 is 5.48 Å². The lowest BCUT2D eigenvalue weighted by Crippen LogP contribution is -2.25.